The van der Waals surface area contributed by atoms with Crippen molar-refractivity contribution in [1.29, 1.82) is 0 Å². The number of nitrogens with one attached hydrogen (secondary N) is 1. The van der Waals surface area contributed by atoms with Gasteiger partial charge >= 0.3 is 5.97 Å². The zero-order chi connectivity index (χ0) is 21.1. The molecule has 6 nitrogen and oxygen atoms in total. The number of carbonyl (C=O) groups excluding carboxylic acids is 1. The highest BCUT2D eigenvalue weighted by Gasteiger charge is 2.27. The number of aliphatic carboxylic acids is 1. The van der Waals surface area contributed by atoms with E-state index in [-0.39, 0.29) is 5.92 Å². The summed E-state index contributed by atoms with van der Waals surface area (Å²) in [6, 6.07) is 14.6. The highest BCUT2D eigenvalue weighted by atomic mass is 16.5. The molecule has 1 heterocycles. The second kappa shape index (κ2) is 8.39. The van der Waals surface area contributed by atoms with Crippen LogP contribution in [0, 0.1) is 12.8 Å². The molecule has 1 amide bonds. The zero-order valence-corrected chi connectivity index (χ0v) is 17.1. The van der Waals surface area contributed by atoms with Crippen molar-refractivity contribution in [2.45, 2.75) is 33.4 Å². The number of fused-ring (bicyclic) bond motifs is 1. The minimum absolute atomic E-state index is 0.232. The maximum Gasteiger partial charge on any atom is 0.326 e. The number of methoxy groups -OCH3 is 1. The van der Waals surface area contributed by atoms with E-state index in [0.717, 1.165) is 22.2 Å². The van der Waals surface area contributed by atoms with Gasteiger partial charge in [-0.05, 0) is 36.6 Å². The van der Waals surface area contributed by atoms with E-state index in [1.54, 1.807) is 21.0 Å². The first kappa shape index (κ1) is 20.5. The summed E-state index contributed by atoms with van der Waals surface area (Å²) in [5, 5.41) is 12.9. The summed E-state index contributed by atoms with van der Waals surface area (Å²) in [5.41, 5.74) is 3.26. The van der Waals surface area contributed by atoms with Crippen molar-refractivity contribution in [3.05, 3.63) is 65.4 Å². The first-order valence-corrected chi connectivity index (χ1v) is 9.58. The molecule has 1 aromatic heterocycles. The van der Waals surface area contributed by atoms with Crippen LogP contribution in [0.3, 0.4) is 0 Å². The molecular formula is C23H26N2O4. The topological polar surface area (TPSA) is 80.6 Å². The monoisotopic (exact) mass is 394 g/mol. The van der Waals surface area contributed by atoms with Crippen LogP contribution >= 0.6 is 0 Å². The lowest BCUT2D eigenvalue weighted by Crippen LogP contribution is -2.44. The Balaban J connectivity index is 2.11. The smallest absolute Gasteiger partial charge is 0.326 e. The van der Waals surface area contributed by atoms with E-state index in [4.69, 9.17) is 4.74 Å². The molecule has 3 rings (SSSR count). The van der Waals surface area contributed by atoms with E-state index in [9.17, 15) is 14.7 Å². The lowest BCUT2D eigenvalue weighted by molar-refractivity contribution is -0.140. The largest absolute Gasteiger partial charge is 0.497 e. The number of amides is 1. The van der Waals surface area contributed by atoms with Crippen LogP contribution in [0.2, 0.25) is 0 Å². The van der Waals surface area contributed by atoms with Gasteiger partial charge in [0.1, 0.15) is 11.8 Å². The van der Waals surface area contributed by atoms with E-state index in [1.165, 1.54) is 0 Å². The van der Waals surface area contributed by atoms with Crippen molar-refractivity contribution >= 4 is 22.8 Å². The van der Waals surface area contributed by atoms with Gasteiger partial charge in [0.15, 0.2) is 0 Å². The summed E-state index contributed by atoms with van der Waals surface area (Å²) in [6.07, 6.45) is 0. The third-order valence-corrected chi connectivity index (χ3v) is 5.16. The fraction of sp³-hybridized carbons (Fsp3) is 0.304. The molecule has 0 fully saturated rings. The number of aromatic nitrogens is 1. The summed E-state index contributed by atoms with van der Waals surface area (Å²) in [7, 11) is 1.58. The van der Waals surface area contributed by atoms with Gasteiger partial charge in [-0.3, -0.25) is 4.79 Å². The van der Waals surface area contributed by atoms with Crippen molar-refractivity contribution in [1.82, 2.24) is 9.88 Å². The molecule has 0 spiro atoms. The number of hydrogen-bond donors (Lipinski definition) is 2. The van der Waals surface area contributed by atoms with Crippen LogP contribution in [0.25, 0.3) is 10.9 Å². The number of ether oxygens (including phenoxy) is 1. The van der Waals surface area contributed by atoms with Gasteiger partial charge in [-0.2, -0.15) is 0 Å². The normalized spacial score (nSPS) is 12.2. The van der Waals surface area contributed by atoms with Crippen molar-refractivity contribution in [2.24, 2.45) is 5.92 Å². The lowest BCUT2D eigenvalue weighted by atomic mass is 10.0. The zero-order valence-electron chi connectivity index (χ0n) is 17.1. The van der Waals surface area contributed by atoms with Crippen LogP contribution in [0.15, 0.2) is 48.5 Å². The number of carboxylic acids is 1. The Bertz CT molecular complexity index is 1040. The van der Waals surface area contributed by atoms with Crippen molar-refractivity contribution in [2.75, 3.05) is 7.11 Å². The third-order valence-electron chi connectivity index (χ3n) is 5.16. The molecule has 2 aromatic carbocycles. The molecule has 3 aromatic rings. The van der Waals surface area contributed by atoms with Gasteiger partial charge < -0.3 is 19.7 Å². The highest BCUT2D eigenvalue weighted by molar-refractivity contribution is 6.09. The molecule has 29 heavy (non-hydrogen) atoms. The van der Waals surface area contributed by atoms with Gasteiger partial charge in [0.2, 0.25) is 0 Å². The summed E-state index contributed by atoms with van der Waals surface area (Å²) >= 11 is 0. The van der Waals surface area contributed by atoms with Gasteiger partial charge in [0.25, 0.3) is 5.91 Å². The van der Waals surface area contributed by atoms with Crippen LogP contribution < -0.4 is 10.1 Å². The van der Waals surface area contributed by atoms with Crippen LogP contribution in [0.5, 0.6) is 5.75 Å². The molecule has 0 bridgehead atoms. The van der Waals surface area contributed by atoms with Gasteiger partial charge in [0, 0.05) is 23.1 Å². The van der Waals surface area contributed by atoms with Crippen LogP contribution in [0.4, 0.5) is 0 Å². The Morgan fingerprint density at radius 2 is 1.83 bits per heavy atom. The fourth-order valence-corrected chi connectivity index (χ4v) is 3.57. The Hall–Kier alpha value is -3.28. The number of benzene rings is 2. The number of carbonyl (C=O) groups is 2. The summed E-state index contributed by atoms with van der Waals surface area (Å²) in [4.78, 5) is 24.7. The molecule has 0 aliphatic carbocycles. The molecule has 0 radical (unpaired) electrons. The van der Waals surface area contributed by atoms with E-state index in [1.807, 2.05) is 55.5 Å². The molecule has 0 saturated heterocycles. The van der Waals surface area contributed by atoms with Gasteiger partial charge in [-0.15, -0.1) is 0 Å². The van der Waals surface area contributed by atoms with Gasteiger partial charge in [0.05, 0.1) is 12.7 Å². The van der Waals surface area contributed by atoms with Gasteiger partial charge in [-0.25, -0.2) is 4.79 Å². The molecule has 0 aliphatic heterocycles. The first-order chi connectivity index (χ1) is 13.8. The summed E-state index contributed by atoms with van der Waals surface area (Å²) in [5.74, 6) is -1.03. The SMILES string of the molecule is COc1ccc2c(c1)c(C(=O)NC(C(=O)O)C(C)C)c(C)n2Cc1ccccc1. The summed E-state index contributed by atoms with van der Waals surface area (Å²) in [6.45, 7) is 6.03. The molecule has 0 saturated carbocycles. The van der Waals surface area contributed by atoms with Crippen LogP contribution in [0.1, 0.15) is 35.5 Å². The Morgan fingerprint density at radius 3 is 2.41 bits per heavy atom. The summed E-state index contributed by atoms with van der Waals surface area (Å²) < 4.78 is 7.42. The quantitative estimate of drug-likeness (QED) is 0.638. The van der Waals surface area contributed by atoms with E-state index < -0.39 is 17.9 Å². The minimum Gasteiger partial charge on any atom is -0.497 e. The maximum atomic E-state index is 13.1. The second-order valence-electron chi connectivity index (χ2n) is 7.45. The first-order valence-electron chi connectivity index (χ1n) is 9.58. The molecule has 1 atom stereocenters. The number of hydrogen-bond acceptors (Lipinski definition) is 3. The van der Waals surface area contributed by atoms with Gasteiger partial charge in [-0.1, -0.05) is 44.2 Å². The molecule has 2 N–H and O–H groups in total. The number of nitrogens with zero attached hydrogens (tertiary/aromatic N) is 1. The highest BCUT2D eigenvalue weighted by Crippen LogP contribution is 2.30. The predicted molar refractivity (Wildman–Crippen MR) is 112 cm³/mol. The van der Waals surface area contributed by atoms with Crippen LogP contribution in [-0.2, 0) is 11.3 Å². The number of carboxylic acid groups (broad SMARTS) is 1. The molecule has 0 aliphatic rings. The average molecular weight is 394 g/mol. The molecular weight excluding hydrogens is 368 g/mol. The maximum absolute atomic E-state index is 13.1. The van der Waals surface area contributed by atoms with E-state index in [0.29, 0.717) is 17.9 Å². The Morgan fingerprint density at radius 1 is 1.14 bits per heavy atom. The average Bonchev–Trinajstić information content (AvgIpc) is 2.97. The lowest BCUT2D eigenvalue weighted by Gasteiger charge is -2.18. The van der Waals surface area contributed by atoms with E-state index >= 15 is 0 Å². The Labute approximate surface area is 170 Å². The van der Waals surface area contributed by atoms with Crippen molar-refractivity contribution in [3.8, 4) is 5.75 Å². The van der Waals surface area contributed by atoms with E-state index in [2.05, 4.69) is 9.88 Å². The molecule has 6 heteroatoms. The minimum atomic E-state index is -1.04. The number of rotatable bonds is 7. The standard InChI is InChI=1S/C23H26N2O4/c1-14(2)21(23(27)28)24-22(26)20-15(3)25(13-16-8-6-5-7-9-16)19-11-10-17(29-4)12-18(19)20/h5-12,14,21H,13H2,1-4H3,(H,24,26)(H,27,28). The second-order valence-corrected chi connectivity index (χ2v) is 7.45. The van der Waals surface area contributed by atoms with Crippen LogP contribution in [-0.4, -0.2) is 34.7 Å². The third kappa shape index (κ3) is 4.11. The fourth-order valence-electron chi connectivity index (χ4n) is 3.57. The predicted octanol–water partition coefficient (Wildman–Crippen LogP) is 3.85. The molecule has 152 valence electrons. The van der Waals surface area contributed by atoms with Crippen molar-refractivity contribution < 1.29 is 19.4 Å². The van der Waals surface area contributed by atoms with Crippen molar-refractivity contribution in [3.63, 3.8) is 0 Å². The molecule has 1 unspecified atom stereocenters. The Kier molecular flexibility index (Phi) is 5.92.